The molecule has 2 aromatic heterocycles. The first-order chi connectivity index (χ1) is 12.4. The number of fused-ring (bicyclic) bond motifs is 1. The fraction of sp³-hybridized carbons (Fsp3) is 0.611. The summed E-state index contributed by atoms with van der Waals surface area (Å²) in [6, 6.07) is 4.17. The predicted molar refractivity (Wildman–Crippen MR) is 99.6 cm³/mol. The molecule has 0 unspecified atom stereocenters. The molecule has 1 spiro atoms. The molecule has 1 fully saturated rings. The van der Waals surface area contributed by atoms with Gasteiger partial charge in [-0.25, -0.2) is 4.68 Å². The number of thiophene rings is 1. The Balaban J connectivity index is 1.56. The number of aryl methyl sites for hydroxylation is 1. The minimum atomic E-state index is -0.551. The molecule has 0 radical (unpaired) electrons. The van der Waals surface area contributed by atoms with Gasteiger partial charge in [-0.1, -0.05) is 0 Å². The maximum atomic E-state index is 12.6. The van der Waals surface area contributed by atoms with E-state index >= 15 is 0 Å². The highest BCUT2D eigenvalue weighted by Gasteiger charge is 2.43. The number of aromatic nitrogens is 3. The normalized spacial score (nSPS) is 23.1. The lowest BCUT2D eigenvalue weighted by molar-refractivity contribution is -0.0859. The fourth-order valence-electron chi connectivity index (χ4n) is 3.83. The van der Waals surface area contributed by atoms with E-state index in [2.05, 4.69) is 29.1 Å². The molecule has 4 rings (SSSR count). The van der Waals surface area contributed by atoms with Gasteiger partial charge in [0.2, 0.25) is 0 Å². The van der Waals surface area contributed by atoms with Gasteiger partial charge in [-0.3, -0.25) is 19.1 Å². The molecule has 1 atom stereocenters. The summed E-state index contributed by atoms with van der Waals surface area (Å²) < 4.78 is 8.97. The van der Waals surface area contributed by atoms with Crippen LogP contribution in [0, 0.1) is 6.92 Å². The van der Waals surface area contributed by atoms with Crippen LogP contribution in [0.3, 0.4) is 0 Å². The highest BCUT2D eigenvalue weighted by molar-refractivity contribution is 7.11. The van der Waals surface area contributed by atoms with Crippen LogP contribution in [-0.4, -0.2) is 37.9 Å². The first-order valence-electron chi connectivity index (χ1n) is 9.01. The van der Waals surface area contributed by atoms with Gasteiger partial charge in [0, 0.05) is 29.4 Å². The van der Waals surface area contributed by atoms with Gasteiger partial charge in [0.05, 0.1) is 12.6 Å². The minimum Gasteiger partial charge on any atom is -0.364 e. The van der Waals surface area contributed by atoms with Crippen LogP contribution >= 0.6 is 11.3 Å². The lowest BCUT2D eigenvalue weighted by Gasteiger charge is -2.35. The second-order valence-electron chi connectivity index (χ2n) is 7.60. The Morgan fingerprint density at radius 2 is 2.08 bits per heavy atom. The van der Waals surface area contributed by atoms with Crippen molar-refractivity contribution in [1.82, 2.24) is 19.2 Å². The second-order valence-corrected chi connectivity index (χ2v) is 8.97. The Kier molecular flexibility index (Phi) is 4.37. The highest BCUT2D eigenvalue weighted by Crippen LogP contribution is 2.32. The number of nitrogens with zero attached hydrogens (tertiary/aromatic N) is 4. The van der Waals surface area contributed by atoms with Gasteiger partial charge in [-0.2, -0.15) is 5.10 Å². The largest absolute Gasteiger partial charge is 0.364 e. The van der Waals surface area contributed by atoms with Crippen molar-refractivity contribution in [3.8, 4) is 0 Å². The molecule has 140 valence electrons. The smallest absolute Gasteiger partial charge is 0.332 e. The summed E-state index contributed by atoms with van der Waals surface area (Å²) in [6.45, 7) is 9.08. The van der Waals surface area contributed by atoms with Crippen LogP contribution < -0.4 is 11.1 Å². The standard InChI is InChI=1S/C18H24N4O3S/c1-12(2)22-17(24)16(23)21-11-18(25-9-15(21)19-22)6-7-20(10-18)8-14-5-4-13(3)26-14/h4-5,12H,6-11H2,1-3H3/t18-/m0/s1. The van der Waals surface area contributed by atoms with Gasteiger partial charge >= 0.3 is 11.1 Å². The van der Waals surface area contributed by atoms with Crippen molar-refractivity contribution in [2.75, 3.05) is 13.1 Å². The summed E-state index contributed by atoms with van der Waals surface area (Å²) in [7, 11) is 0. The van der Waals surface area contributed by atoms with E-state index in [1.165, 1.54) is 19.0 Å². The zero-order chi connectivity index (χ0) is 18.5. The molecule has 0 saturated carbocycles. The molecule has 4 heterocycles. The lowest BCUT2D eigenvalue weighted by Crippen LogP contribution is -2.53. The van der Waals surface area contributed by atoms with Crippen molar-refractivity contribution in [2.45, 2.75) is 58.5 Å². The topological polar surface area (TPSA) is 69.4 Å². The van der Waals surface area contributed by atoms with Crippen LogP contribution in [0.5, 0.6) is 0 Å². The average molecular weight is 376 g/mol. The van der Waals surface area contributed by atoms with Crippen LogP contribution in [0.25, 0.3) is 0 Å². The van der Waals surface area contributed by atoms with Crippen LogP contribution in [0.15, 0.2) is 21.7 Å². The van der Waals surface area contributed by atoms with Crippen LogP contribution in [0.1, 0.15) is 41.9 Å². The van der Waals surface area contributed by atoms with Crippen LogP contribution in [0.2, 0.25) is 0 Å². The van der Waals surface area contributed by atoms with E-state index in [0.717, 1.165) is 26.1 Å². The van der Waals surface area contributed by atoms with E-state index < -0.39 is 16.7 Å². The summed E-state index contributed by atoms with van der Waals surface area (Å²) in [5.74, 6) is 0.543. The van der Waals surface area contributed by atoms with Gasteiger partial charge in [0.1, 0.15) is 12.2 Å². The number of rotatable bonds is 3. The lowest BCUT2D eigenvalue weighted by atomic mass is 10.0. The summed E-state index contributed by atoms with van der Waals surface area (Å²) in [5, 5.41) is 4.35. The third-order valence-corrected chi connectivity index (χ3v) is 6.17. The molecular weight excluding hydrogens is 352 g/mol. The molecule has 2 aliphatic heterocycles. The Hall–Kier alpha value is -1.77. The zero-order valence-corrected chi connectivity index (χ0v) is 16.2. The number of likely N-dealkylation sites (tertiary alicyclic amines) is 1. The Morgan fingerprint density at radius 3 is 2.77 bits per heavy atom. The Morgan fingerprint density at radius 1 is 1.27 bits per heavy atom. The monoisotopic (exact) mass is 376 g/mol. The van der Waals surface area contributed by atoms with Gasteiger partial charge in [0.25, 0.3) is 0 Å². The van der Waals surface area contributed by atoms with E-state index in [0.29, 0.717) is 12.4 Å². The van der Waals surface area contributed by atoms with Crippen molar-refractivity contribution < 1.29 is 4.74 Å². The molecule has 26 heavy (non-hydrogen) atoms. The SMILES string of the molecule is Cc1ccc(CN2CC[C@]3(C2)Cn2c(nn(C(C)C)c(=O)c2=O)CO3)s1. The minimum absolute atomic E-state index is 0.145. The zero-order valence-electron chi connectivity index (χ0n) is 15.4. The third-order valence-electron chi connectivity index (χ3n) is 5.18. The summed E-state index contributed by atoms with van der Waals surface area (Å²) >= 11 is 1.82. The summed E-state index contributed by atoms with van der Waals surface area (Å²) in [6.07, 6.45) is 0.858. The van der Waals surface area contributed by atoms with Crippen molar-refractivity contribution in [1.29, 1.82) is 0 Å². The predicted octanol–water partition coefficient (Wildman–Crippen LogP) is 1.53. The van der Waals surface area contributed by atoms with E-state index in [1.807, 2.05) is 25.2 Å². The molecule has 2 aliphatic rings. The molecule has 0 aromatic carbocycles. The maximum Gasteiger partial charge on any atom is 0.332 e. The molecule has 0 N–H and O–H groups in total. The molecule has 0 bridgehead atoms. The van der Waals surface area contributed by atoms with Crippen LogP contribution in [-0.2, 0) is 24.4 Å². The van der Waals surface area contributed by atoms with Crippen molar-refractivity contribution in [3.63, 3.8) is 0 Å². The van der Waals surface area contributed by atoms with E-state index in [9.17, 15) is 9.59 Å². The van der Waals surface area contributed by atoms with Gasteiger partial charge in [-0.05, 0) is 39.3 Å². The number of hydrogen-bond donors (Lipinski definition) is 0. The molecule has 0 aliphatic carbocycles. The van der Waals surface area contributed by atoms with Gasteiger partial charge < -0.3 is 4.74 Å². The van der Waals surface area contributed by atoms with Crippen LogP contribution in [0.4, 0.5) is 0 Å². The summed E-state index contributed by atoms with van der Waals surface area (Å²) in [4.78, 5) is 29.9. The highest BCUT2D eigenvalue weighted by atomic mass is 32.1. The van der Waals surface area contributed by atoms with Gasteiger partial charge in [0.15, 0.2) is 5.82 Å². The number of ether oxygens (including phenoxy) is 1. The molecule has 7 nitrogen and oxygen atoms in total. The van der Waals surface area contributed by atoms with Gasteiger partial charge in [-0.15, -0.1) is 11.3 Å². The maximum absolute atomic E-state index is 12.6. The average Bonchev–Trinajstić information content (AvgIpc) is 3.18. The van der Waals surface area contributed by atoms with Crippen molar-refractivity contribution >= 4 is 11.3 Å². The molecule has 1 saturated heterocycles. The quantitative estimate of drug-likeness (QED) is 0.760. The first-order valence-corrected chi connectivity index (χ1v) is 9.83. The number of hydrogen-bond acceptors (Lipinski definition) is 6. The third kappa shape index (κ3) is 3.06. The molecule has 0 amide bonds. The first kappa shape index (κ1) is 17.6. The Labute approximate surface area is 155 Å². The van der Waals surface area contributed by atoms with Crippen molar-refractivity contribution in [2.24, 2.45) is 0 Å². The molecule has 2 aromatic rings. The summed E-state index contributed by atoms with van der Waals surface area (Å²) in [5.41, 5.74) is -1.44. The second kappa shape index (κ2) is 6.44. The fourth-order valence-corrected chi connectivity index (χ4v) is 4.76. The Bertz CT molecular complexity index is 945. The molecular formula is C18H24N4O3S. The van der Waals surface area contributed by atoms with E-state index in [1.54, 1.807) is 0 Å². The van der Waals surface area contributed by atoms with E-state index in [4.69, 9.17) is 4.74 Å². The molecule has 8 heteroatoms. The van der Waals surface area contributed by atoms with E-state index in [-0.39, 0.29) is 12.6 Å². The van der Waals surface area contributed by atoms with Crippen molar-refractivity contribution in [3.05, 3.63) is 48.4 Å².